The Labute approximate surface area is 168 Å². The number of nitrogens with one attached hydrogen (secondary N) is 1. The highest BCUT2D eigenvalue weighted by atomic mass is 127. The third kappa shape index (κ3) is 4.36. The van der Waals surface area contributed by atoms with Gasteiger partial charge in [0.15, 0.2) is 11.5 Å². The van der Waals surface area contributed by atoms with Gasteiger partial charge in [0, 0.05) is 3.57 Å². The highest BCUT2D eigenvalue weighted by Gasteiger charge is 2.30. The van der Waals surface area contributed by atoms with Gasteiger partial charge in [-0.25, -0.2) is 4.79 Å². The minimum Gasteiger partial charge on any atom is -0.485 e. The maximum atomic E-state index is 13.0. The Morgan fingerprint density at radius 3 is 2.73 bits per heavy atom. The van der Waals surface area contributed by atoms with Crippen molar-refractivity contribution < 1.29 is 19.0 Å². The van der Waals surface area contributed by atoms with E-state index in [0.717, 1.165) is 48.8 Å². The molecule has 26 heavy (non-hydrogen) atoms. The third-order valence-corrected chi connectivity index (χ3v) is 5.92. The van der Waals surface area contributed by atoms with Crippen LogP contribution in [0.2, 0.25) is 0 Å². The topological polar surface area (TPSA) is 82.8 Å². The summed E-state index contributed by atoms with van der Waals surface area (Å²) in [6.45, 7) is 4.96. The van der Waals surface area contributed by atoms with Gasteiger partial charge < -0.3 is 25.3 Å². The molecule has 0 amide bonds. The van der Waals surface area contributed by atoms with Crippen LogP contribution in [0.5, 0.6) is 11.5 Å². The molecule has 1 unspecified atom stereocenters. The number of hydrogen-bond acceptors (Lipinski definition) is 6. The fraction of sp³-hybridized carbons (Fsp3) is 0.632. The predicted octanol–water partition coefficient (Wildman–Crippen LogP) is 3.36. The van der Waals surface area contributed by atoms with Gasteiger partial charge in [-0.05, 0) is 66.9 Å². The Bertz CT molecular complexity index is 647. The molecule has 1 atom stereocenters. The lowest BCUT2D eigenvalue weighted by atomic mass is 9.89. The Hall–Kier alpha value is -1.22. The lowest BCUT2D eigenvalue weighted by Crippen LogP contribution is -2.36. The van der Waals surface area contributed by atoms with E-state index in [4.69, 9.17) is 19.9 Å². The fourth-order valence-corrected chi connectivity index (χ4v) is 4.12. The number of nitrogen functional groups attached to an aromatic ring is 1. The SMILES string of the molecule is CCCCC(OC(=O)c1cc(I)c(N)c2c1OCCO2)C1CCNCC1. The predicted molar refractivity (Wildman–Crippen MR) is 109 cm³/mol. The minimum atomic E-state index is -0.343. The zero-order valence-corrected chi connectivity index (χ0v) is 17.3. The van der Waals surface area contributed by atoms with Crippen molar-refractivity contribution in [2.24, 2.45) is 5.92 Å². The van der Waals surface area contributed by atoms with Crippen molar-refractivity contribution in [3.63, 3.8) is 0 Å². The van der Waals surface area contributed by atoms with Crippen molar-refractivity contribution in [3.8, 4) is 11.5 Å². The van der Waals surface area contributed by atoms with Gasteiger partial charge in [0.05, 0.1) is 5.69 Å². The second-order valence-corrected chi connectivity index (χ2v) is 8.01. The molecule has 2 aliphatic heterocycles. The minimum absolute atomic E-state index is 0.0556. The molecule has 1 fully saturated rings. The zero-order chi connectivity index (χ0) is 18.5. The third-order valence-electron chi connectivity index (χ3n) is 5.03. The summed E-state index contributed by atoms with van der Waals surface area (Å²) in [6, 6.07) is 1.74. The van der Waals surface area contributed by atoms with Crippen LogP contribution >= 0.6 is 22.6 Å². The molecule has 2 aliphatic rings. The van der Waals surface area contributed by atoms with Crippen LogP contribution in [-0.2, 0) is 4.74 Å². The van der Waals surface area contributed by atoms with Gasteiger partial charge in [0.25, 0.3) is 0 Å². The summed E-state index contributed by atoms with van der Waals surface area (Å²) in [5.74, 6) is 0.942. The number of nitrogens with two attached hydrogens (primary N) is 1. The molecule has 0 aromatic heterocycles. The monoisotopic (exact) mass is 474 g/mol. The molecule has 144 valence electrons. The van der Waals surface area contributed by atoms with E-state index in [0.29, 0.717) is 41.9 Å². The van der Waals surface area contributed by atoms with Gasteiger partial charge >= 0.3 is 5.97 Å². The Balaban J connectivity index is 1.81. The van der Waals surface area contributed by atoms with Gasteiger partial charge in [-0.3, -0.25) is 0 Å². The van der Waals surface area contributed by atoms with Crippen LogP contribution in [0.1, 0.15) is 49.4 Å². The largest absolute Gasteiger partial charge is 0.485 e. The van der Waals surface area contributed by atoms with Crippen molar-refractivity contribution in [2.75, 3.05) is 32.0 Å². The van der Waals surface area contributed by atoms with Crippen LogP contribution < -0.4 is 20.5 Å². The lowest BCUT2D eigenvalue weighted by Gasteiger charge is -2.31. The van der Waals surface area contributed by atoms with E-state index < -0.39 is 0 Å². The summed E-state index contributed by atoms with van der Waals surface area (Å²) in [5.41, 5.74) is 7.01. The summed E-state index contributed by atoms with van der Waals surface area (Å²) < 4.78 is 18.1. The molecule has 2 heterocycles. The molecule has 1 saturated heterocycles. The van der Waals surface area contributed by atoms with Crippen LogP contribution in [-0.4, -0.2) is 38.4 Å². The van der Waals surface area contributed by atoms with E-state index in [1.807, 2.05) is 0 Å². The second-order valence-electron chi connectivity index (χ2n) is 6.85. The normalized spacial score (nSPS) is 18.4. The molecule has 0 bridgehead atoms. The number of unbranched alkanes of at least 4 members (excludes halogenated alkanes) is 1. The molecule has 0 spiro atoms. The number of rotatable bonds is 6. The van der Waals surface area contributed by atoms with Gasteiger partial charge in [-0.1, -0.05) is 19.8 Å². The first-order valence-corrected chi connectivity index (χ1v) is 10.5. The smallest absolute Gasteiger partial charge is 0.342 e. The molecule has 1 aromatic rings. The molecule has 0 radical (unpaired) electrons. The van der Waals surface area contributed by atoms with Crippen molar-refractivity contribution in [1.82, 2.24) is 5.32 Å². The first-order valence-electron chi connectivity index (χ1n) is 9.41. The fourth-order valence-electron chi connectivity index (χ4n) is 3.56. The average Bonchev–Trinajstić information content (AvgIpc) is 2.68. The highest BCUT2D eigenvalue weighted by molar-refractivity contribution is 14.1. The van der Waals surface area contributed by atoms with E-state index in [9.17, 15) is 4.79 Å². The molecule has 0 saturated carbocycles. The number of hydrogen-bond donors (Lipinski definition) is 2. The number of fused-ring (bicyclic) bond motifs is 1. The standard InChI is InChI=1S/C19H27IN2O4/c1-2-3-4-15(12-5-7-22-8-6-12)26-19(23)13-11-14(20)16(21)18-17(13)24-9-10-25-18/h11-12,15,22H,2-10,21H2,1H3. The molecule has 3 N–H and O–H groups in total. The zero-order valence-electron chi connectivity index (χ0n) is 15.2. The van der Waals surface area contributed by atoms with E-state index in [1.54, 1.807) is 6.07 Å². The van der Waals surface area contributed by atoms with Gasteiger partial charge in [-0.15, -0.1) is 0 Å². The average molecular weight is 474 g/mol. The number of benzene rings is 1. The lowest BCUT2D eigenvalue weighted by molar-refractivity contribution is 0.00467. The molecular formula is C19H27IN2O4. The van der Waals surface area contributed by atoms with E-state index >= 15 is 0 Å². The first kappa shape index (κ1) is 19.5. The molecule has 1 aromatic carbocycles. The summed E-state index contributed by atoms with van der Waals surface area (Å²) >= 11 is 2.11. The van der Waals surface area contributed by atoms with E-state index in [-0.39, 0.29) is 12.1 Å². The van der Waals surface area contributed by atoms with Crippen LogP contribution in [0.15, 0.2) is 6.07 Å². The Kier molecular flexibility index (Phi) is 6.86. The molecule has 0 aliphatic carbocycles. The van der Waals surface area contributed by atoms with Gasteiger partial charge in [-0.2, -0.15) is 0 Å². The molecule has 3 rings (SSSR count). The molecule has 6 nitrogen and oxygen atoms in total. The Morgan fingerprint density at radius 1 is 1.35 bits per heavy atom. The van der Waals surface area contributed by atoms with Crippen molar-refractivity contribution in [2.45, 2.75) is 45.1 Å². The molecule has 7 heteroatoms. The van der Waals surface area contributed by atoms with Crippen molar-refractivity contribution >= 4 is 34.2 Å². The van der Waals surface area contributed by atoms with Gasteiger partial charge in [0.2, 0.25) is 0 Å². The van der Waals surface area contributed by atoms with Crippen LogP contribution in [0.25, 0.3) is 0 Å². The van der Waals surface area contributed by atoms with Crippen molar-refractivity contribution in [1.29, 1.82) is 0 Å². The number of carbonyl (C=O) groups excluding carboxylic acids is 1. The summed E-state index contributed by atoms with van der Waals surface area (Å²) in [7, 11) is 0. The summed E-state index contributed by atoms with van der Waals surface area (Å²) in [4.78, 5) is 13.0. The van der Waals surface area contributed by atoms with Crippen LogP contribution in [0.3, 0.4) is 0 Å². The van der Waals surface area contributed by atoms with Crippen LogP contribution in [0, 0.1) is 9.49 Å². The first-order chi connectivity index (χ1) is 12.6. The van der Waals surface area contributed by atoms with Crippen LogP contribution in [0.4, 0.5) is 5.69 Å². The number of carbonyl (C=O) groups is 1. The Morgan fingerprint density at radius 2 is 2.04 bits per heavy atom. The number of ether oxygens (including phenoxy) is 3. The number of esters is 1. The highest BCUT2D eigenvalue weighted by Crippen LogP contribution is 2.42. The van der Waals surface area contributed by atoms with Gasteiger partial charge in [0.1, 0.15) is 24.9 Å². The maximum Gasteiger partial charge on any atom is 0.342 e. The number of anilines is 1. The van der Waals surface area contributed by atoms with E-state index in [1.165, 1.54) is 0 Å². The summed E-state index contributed by atoms with van der Waals surface area (Å²) in [6.07, 6.45) is 5.07. The van der Waals surface area contributed by atoms with Crippen molar-refractivity contribution in [3.05, 3.63) is 15.2 Å². The summed E-state index contributed by atoms with van der Waals surface area (Å²) in [5, 5.41) is 3.37. The quantitative estimate of drug-likeness (QED) is 0.374. The van der Waals surface area contributed by atoms with E-state index in [2.05, 4.69) is 34.8 Å². The number of piperidine rings is 1. The second kappa shape index (κ2) is 9.12. The maximum absolute atomic E-state index is 13.0. The number of halogens is 1. The molecular weight excluding hydrogens is 447 g/mol.